The van der Waals surface area contributed by atoms with E-state index in [0.717, 1.165) is 18.7 Å². The van der Waals surface area contributed by atoms with Crippen LogP contribution >= 0.6 is 0 Å². The predicted molar refractivity (Wildman–Crippen MR) is 79.0 cm³/mol. The summed E-state index contributed by atoms with van der Waals surface area (Å²) in [4.78, 5) is 25.6. The third kappa shape index (κ3) is 3.05. The van der Waals surface area contributed by atoms with E-state index in [1.807, 2.05) is 12.1 Å². The lowest BCUT2D eigenvalue weighted by molar-refractivity contribution is -0.130. The van der Waals surface area contributed by atoms with Crippen molar-refractivity contribution in [3.8, 4) is 0 Å². The van der Waals surface area contributed by atoms with Crippen molar-refractivity contribution in [1.82, 2.24) is 19.9 Å². The number of nitrogen functional groups attached to an aromatic ring is 1. The topological polar surface area (TPSA) is 85.0 Å². The highest BCUT2D eigenvalue weighted by atomic mass is 16.2. The number of anilines is 1. The number of carbonyl (C=O) groups is 1. The molecule has 2 aromatic heterocycles. The van der Waals surface area contributed by atoms with Crippen molar-refractivity contribution in [2.45, 2.75) is 5.92 Å². The Labute approximate surface area is 122 Å². The molecule has 21 heavy (non-hydrogen) atoms. The molecule has 0 unspecified atom stereocenters. The normalized spacial score (nSPS) is 15.1. The van der Waals surface area contributed by atoms with Gasteiger partial charge in [-0.2, -0.15) is 0 Å². The monoisotopic (exact) mass is 281 g/mol. The van der Waals surface area contributed by atoms with Crippen molar-refractivity contribution in [3.05, 3.63) is 54.1 Å². The molecule has 2 N–H and O–H groups in total. The molecule has 106 valence electrons. The largest absolute Gasteiger partial charge is 0.368 e. The molecule has 1 aliphatic heterocycles. The summed E-state index contributed by atoms with van der Waals surface area (Å²) < 4.78 is 0. The molecule has 0 saturated carbocycles. The fourth-order valence-corrected chi connectivity index (χ4v) is 2.21. The van der Waals surface area contributed by atoms with Gasteiger partial charge in [-0.3, -0.25) is 9.78 Å². The number of hydrogen-bond acceptors (Lipinski definition) is 5. The second kappa shape index (κ2) is 5.70. The number of hydrogen-bond donors (Lipinski definition) is 1. The molecular weight excluding hydrogens is 266 g/mol. The van der Waals surface area contributed by atoms with Crippen LogP contribution in [0.5, 0.6) is 0 Å². The van der Waals surface area contributed by atoms with E-state index in [1.54, 1.807) is 35.8 Å². The maximum absolute atomic E-state index is 12.0. The minimum absolute atomic E-state index is 0.00266. The molecule has 0 spiro atoms. The Morgan fingerprint density at radius 1 is 1.24 bits per heavy atom. The van der Waals surface area contributed by atoms with Gasteiger partial charge in [-0.25, -0.2) is 9.97 Å². The first-order valence-corrected chi connectivity index (χ1v) is 6.67. The van der Waals surface area contributed by atoms with Crippen LogP contribution in [0.4, 0.5) is 5.95 Å². The summed E-state index contributed by atoms with van der Waals surface area (Å²) in [6.45, 7) is 1.48. The van der Waals surface area contributed by atoms with Gasteiger partial charge in [-0.1, -0.05) is 0 Å². The SMILES string of the molecule is Nc1ncc(C=CC(=O)N2CC(c3ccncc3)C2)cn1. The number of amides is 1. The van der Waals surface area contributed by atoms with Crippen molar-refractivity contribution in [1.29, 1.82) is 0 Å². The zero-order valence-electron chi connectivity index (χ0n) is 11.4. The van der Waals surface area contributed by atoms with Crippen molar-refractivity contribution < 1.29 is 4.79 Å². The lowest BCUT2D eigenvalue weighted by atomic mass is 9.92. The Morgan fingerprint density at radius 2 is 1.90 bits per heavy atom. The van der Waals surface area contributed by atoms with Crippen LogP contribution in [0.25, 0.3) is 6.08 Å². The van der Waals surface area contributed by atoms with Gasteiger partial charge in [0, 0.05) is 55.4 Å². The molecule has 0 atom stereocenters. The smallest absolute Gasteiger partial charge is 0.246 e. The molecular formula is C15H15N5O. The van der Waals surface area contributed by atoms with Crippen LogP contribution < -0.4 is 5.73 Å². The number of likely N-dealkylation sites (tertiary alicyclic amines) is 1. The second-order valence-corrected chi connectivity index (χ2v) is 4.93. The molecule has 3 heterocycles. The quantitative estimate of drug-likeness (QED) is 0.851. The summed E-state index contributed by atoms with van der Waals surface area (Å²) in [5, 5.41) is 0. The Hall–Kier alpha value is -2.76. The minimum Gasteiger partial charge on any atom is -0.368 e. The van der Waals surface area contributed by atoms with Gasteiger partial charge < -0.3 is 10.6 Å². The van der Waals surface area contributed by atoms with Crippen LogP contribution in [0.15, 0.2) is 43.0 Å². The van der Waals surface area contributed by atoms with Crippen molar-refractivity contribution in [2.75, 3.05) is 18.8 Å². The van der Waals surface area contributed by atoms with Crippen LogP contribution in [0, 0.1) is 0 Å². The summed E-state index contributed by atoms with van der Waals surface area (Å²) in [7, 11) is 0. The molecule has 0 aliphatic carbocycles. The first kappa shape index (κ1) is 13.2. The molecule has 6 heteroatoms. The number of carbonyl (C=O) groups excluding carboxylic acids is 1. The zero-order valence-corrected chi connectivity index (χ0v) is 11.4. The first-order chi connectivity index (χ1) is 10.2. The highest BCUT2D eigenvalue weighted by Gasteiger charge is 2.30. The first-order valence-electron chi connectivity index (χ1n) is 6.67. The standard InChI is InChI=1S/C15H15N5O/c16-15-18-7-11(8-19-15)1-2-14(21)20-9-13(10-20)12-3-5-17-6-4-12/h1-8,13H,9-10H2,(H2,16,18,19). The van der Waals surface area contributed by atoms with E-state index in [1.165, 1.54) is 11.6 Å². The molecule has 2 aromatic rings. The maximum atomic E-state index is 12.0. The molecule has 1 amide bonds. The molecule has 0 bridgehead atoms. The third-order valence-corrected chi connectivity index (χ3v) is 3.48. The number of nitrogens with two attached hydrogens (primary N) is 1. The van der Waals surface area contributed by atoms with Crippen molar-refractivity contribution in [3.63, 3.8) is 0 Å². The molecule has 3 rings (SSSR count). The number of aromatic nitrogens is 3. The van der Waals surface area contributed by atoms with Crippen LogP contribution in [-0.2, 0) is 4.79 Å². The van der Waals surface area contributed by atoms with Gasteiger partial charge in [0.15, 0.2) is 0 Å². The van der Waals surface area contributed by atoms with E-state index in [2.05, 4.69) is 15.0 Å². The molecule has 1 fully saturated rings. The Kier molecular flexibility index (Phi) is 3.59. The number of nitrogens with zero attached hydrogens (tertiary/aromatic N) is 4. The summed E-state index contributed by atoms with van der Waals surface area (Å²) in [6, 6.07) is 3.99. The lowest BCUT2D eigenvalue weighted by Crippen LogP contribution is -2.47. The van der Waals surface area contributed by atoms with Gasteiger partial charge >= 0.3 is 0 Å². The average Bonchev–Trinajstić information content (AvgIpc) is 2.46. The van der Waals surface area contributed by atoms with Crippen molar-refractivity contribution in [2.24, 2.45) is 0 Å². The Morgan fingerprint density at radius 3 is 2.57 bits per heavy atom. The van der Waals surface area contributed by atoms with E-state index < -0.39 is 0 Å². The predicted octanol–water partition coefficient (Wildman–Crippen LogP) is 1.09. The van der Waals surface area contributed by atoms with E-state index >= 15 is 0 Å². The van der Waals surface area contributed by atoms with Gasteiger partial charge in [0.25, 0.3) is 0 Å². The summed E-state index contributed by atoms with van der Waals surface area (Å²) in [5.41, 5.74) is 7.39. The molecule has 1 saturated heterocycles. The molecule has 0 radical (unpaired) electrons. The van der Waals surface area contributed by atoms with E-state index in [9.17, 15) is 4.79 Å². The van der Waals surface area contributed by atoms with Crippen LogP contribution in [0.1, 0.15) is 17.0 Å². The molecule has 0 aromatic carbocycles. The molecule has 6 nitrogen and oxygen atoms in total. The summed E-state index contributed by atoms with van der Waals surface area (Å²) in [5.74, 6) is 0.628. The summed E-state index contributed by atoms with van der Waals surface area (Å²) in [6.07, 6.45) is 9.96. The maximum Gasteiger partial charge on any atom is 0.246 e. The minimum atomic E-state index is -0.00266. The fraction of sp³-hybridized carbons (Fsp3) is 0.200. The van der Waals surface area contributed by atoms with E-state index in [0.29, 0.717) is 5.92 Å². The van der Waals surface area contributed by atoms with Crippen LogP contribution in [0.2, 0.25) is 0 Å². The van der Waals surface area contributed by atoms with Gasteiger partial charge in [-0.15, -0.1) is 0 Å². The van der Waals surface area contributed by atoms with Crippen LogP contribution in [-0.4, -0.2) is 38.8 Å². The molecule has 1 aliphatic rings. The van der Waals surface area contributed by atoms with Crippen LogP contribution in [0.3, 0.4) is 0 Å². The lowest BCUT2D eigenvalue weighted by Gasteiger charge is -2.38. The fourth-order valence-electron chi connectivity index (χ4n) is 2.21. The summed E-state index contributed by atoms with van der Waals surface area (Å²) >= 11 is 0. The zero-order chi connectivity index (χ0) is 14.7. The highest BCUT2D eigenvalue weighted by molar-refractivity contribution is 5.92. The average molecular weight is 281 g/mol. The highest BCUT2D eigenvalue weighted by Crippen LogP contribution is 2.26. The number of pyridine rings is 1. The Balaban J connectivity index is 1.55. The number of rotatable bonds is 3. The van der Waals surface area contributed by atoms with Gasteiger partial charge in [0.1, 0.15) is 0 Å². The van der Waals surface area contributed by atoms with Gasteiger partial charge in [0.2, 0.25) is 11.9 Å². The second-order valence-electron chi connectivity index (χ2n) is 4.93. The Bertz CT molecular complexity index is 648. The third-order valence-electron chi connectivity index (χ3n) is 3.48. The van der Waals surface area contributed by atoms with E-state index in [4.69, 9.17) is 5.73 Å². The van der Waals surface area contributed by atoms with Crippen molar-refractivity contribution >= 4 is 17.9 Å². The van der Waals surface area contributed by atoms with Gasteiger partial charge in [-0.05, 0) is 23.8 Å². The van der Waals surface area contributed by atoms with Gasteiger partial charge in [0.05, 0.1) is 0 Å². The van der Waals surface area contributed by atoms with E-state index in [-0.39, 0.29) is 11.9 Å².